The van der Waals surface area contributed by atoms with Gasteiger partial charge in [-0.25, -0.2) is 4.98 Å². The van der Waals surface area contributed by atoms with Crippen LogP contribution in [0.3, 0.4) is 0 Å². The number of nitrogens with zero attached hydrogens (tertiary/aromatic N) is 3. The van der Waals surface area contributed by atoms with Crippen LogP contribution in [0.2, 0.25) is 0 Å². The van der Waals surface area contributed by atoms with E-state index in [9.17, 15) is 10.1 Å². The normalized spacial score (nSPS) is 10.8. The zero-order valence-electron chi connectivity index (χ0n) is 9.78. The van der Waals surface area contributed by atoms with Crippen LogP contribution >= 0.6 is 0 Å². The van der Waals surface area contributed by atoms with Crippen LogP contribution in [-0.4, -0.2) is 50.6 Å². The number of pyridine rings is 1. The van der Waals surface area contributed by atoms with Crippen molar-refractivity contribution in [2.45, 2.75) is 5.54 Å². The fourth-order valence-corrected chi connectivity index (χ4v) is 1.26. The molecule has 1 rings (SSSR count). The Morgan fingerprint density at radius 3 is 2.42 bits per heavy atom. The molecule has 0 fully saturated rings. The van der Waals surface area contributed by atoms with Crippen LogP contribution in [0.25, 0.3) is 0 Å². The number of aliphatic hydroxyl groups is 3. The molecule has 0 unspecified atom stereocenters. The Hall–Kier alpha value is -2.28. The minimum atomic E-state index is -1.46. The van der Waals surface area contributed by atoms with Crippen molar-refractivity contribution in [2.24, 2.45) is 0 Å². The van der Waals surface area contributed by atoms with Crippen LogP contribution < -0.4 is 5.32 Å². The first kappa shape index (κ1) is 14.8. The first-order valence-corrected chi connectivity index (χ1v) is 5.17. The first-order valence-electron chi connectivity index (χ1n) is 5.17. The molecule has 0 saturated carbocycles. The van der Waals surface area contributed by atoms with Crippen LogP contribution in [0.5, 0.6) is 0 Å². The van der Waals surface area contributed by atoms with Crippen molar-refractivity contribution in [2.75, 3.05) is 25.1 Å². The van der Waals surface area contributed by atoms with Gasteiger partial charge in [0.25, 0.3) is 5.69 Å². The molecule has 0 bridgehead atoms. The second kappa shape index (κ2) is 6.05. The zero-order valence-corrected chi connectivity index (χ0v) is 9.78. The Labute approximate surface area is 107 Å². The molecule has 102 valence electrons. The van der Waals surface area contributed by atoms with Gasteiger partial charge >= 0.3 is 0 Å². The van der Waals surface area contributed by atoms with Gasteiger partial charge in [-0.05, 0) is 0 Å². The first-order chi connectivity index (χ1) is 9.01. The maximum atomic E-state index is 10.5. The van der Waals surface area contributed by atoms with E-state index in [0.717, 1.165) is 12.3 Å². The fraction of sp³-hybridized carbons (Fsp3) is 0.400. The largest absolute Gasteiger partial charge is 0.394 e. The molecule has 0 amide bonds. The molecule has 19 heavy (non-hydrogen) atoms. The van der Waals surface area contributed by atoms with Gasteiger partial charge in [0.1, 0.15) is 29.2 Å². The van der Waals surface area contributed by atoms with Gasteiger partial charge in [-0.3, -0.25) is 10.1 Å². The summed E-state index contributed by atoms with van der Waals surface area (Å²) in [5, 5.41) is 49.4. The van der Waals surface area contributed by atoms with E-state index in [0.29, 0.717) is 0 Å². The van der Waals surface area contributed by atoms with Gasteiger partial charge in [-0.2, -0.15) is 5.26 Å². The zero-order chi connectivity index (χ0) is 14.5. The van der Waals surface area contributed by atoms with Crippen LogP contribution in [0, 0.1) is 21.4 Å². The van der Waals surface area contributed by atoms with Gasteiger partial charge in [0.15, 0.2) is 0 Å². The van der Waals surface area contributed by atoms with Gasteiger partial charge in [-0.15, -0.1) is 0 Å². The van der Waals surface area contributed by atoms with Crippen LogP contribution in [0.15, 0.2) is 12.3 Å². The second-order valence-corrected chi connectivity index (χ2v) is 3.84. The Bertz CT molecular complexity index is 501. The third-order valence-corrected chi connectivity index (χ3v) is 2.50. The molecular formula is C10H12N4O5. The molecule has 0 aliphatic carbocycles. The van der Waals surface area contributed by atoms with E-state index in [4.69, 9.17) is 20.6 Å². The van der Waals surface area contributed by atoms with Crippen LogP contribution in [-0.2, 0) is 0 Å². The molecule has 0 spiro atoms. The minimum Gasteiger partial charge on any atom is -0.394 e. The van der Waals surface area contributed by atoms with Gasteiger partial charge in [0.05, 0.1) is 24.7 Å². The summed E-state index contributed by atoms with van der Waals surface area (Å²) in [6.45, 7) is -1.82. The topological polar surface area (TPSA) is 153 Å². The Balaban J connectivity index is 3.15. The van der Waals surface area contributed by atoms with E-state index in [1.807, 2.05) is 0 Å². The predicted octanol–water partition coefficient (Wildman–Crippen LogP) is -1.01. The number of aromatic nitrogens is 1. The molecule has 0 saturated heterocycles. The predicted molar refractivity (Wildman–Crippen MR) is 63.2 cm³/mol. The maximum absolute atomic E-state index is 10.5. The highest BCUT2D eigenvalue weighted by Gasteiger charge is 2.29. The summed E-state index contributed by atoms with van der Waals surface area (Å²) >= 11 is 0. The molecule has 9 nitrogen and oxygen atoms in total. The third-order valence-electron chi connectivity index (χ3n) is 2.50. The van der Waals surface area contributed by atoms with E-state index < -0.39 is 30.3 Å². The van der Waals surface area contributed by atoms with E-state index in [2.05, 4.69) is 10.3 Å². The number of aliphatic hydroxyl groups excluding tert-OH is 3. The number of rotatable bonds is 6. The van der Waals surface area contributed by atoms with Crippen molar-refractivity contribution in [3.05, 3.63) is 27.9 Å². The quantitative estimate of drug-likeness (QED) is 0.378. The molecule has 0 atom stereocenters. The molecule has 1 aromatic heterocycles. The average molecular weight is 268 g/mol. The highest BCUT2D eigenvalue weighted by Crippen LogP contribution is 2.21. The monoisotopic (exact) mass is 268 g/mol. The van der Waals surface area contributed by atoms with Crippen molar-refractivity contribution in [1.29, 1.82) is 5.26 Å². The lowest BCUT2D eigenvalue weighted by atomic mass is 10.0. The summed E-state index contributed by atoms with van der Waals surface area (Å²) in [5.41, 5.74) is -1.95. The number of nitrogens with one attached hydrogen (secondary N) is 1. The molecular weight excluding hydrogens is 256 g/mol. The average Bonchev–Trinajstić information content (AvgIpc) is 2.44. The smallest absolute Gasteiger partial charge is 0.289 e. The van der Waals surface area contributed by atoms with E-state index >= 15 is 0 Å². The molecule has 0 aromatic carbocycles. The Morgan fingerprint density at radius 1 is 1.42 bits per heavy atom. The summed E-state index contributed by atoms with van der Waals surface area (Å²) < 4.78 is 0. The second-order valence-electron chi connectivity index (χ2n) is 3.84. The summed E-state index contributed by atoms with van der Waals surface area (Å²) in [7, 11) is 0. The van der Waals surface area contributed by atoms with Crippen LogP contribution in [0.4, 0.5) is 11.5 Å². The lowest BCUT2D eigenvalue weighted by molar-refractivity contribution is -0.385. The van der Waals surface area contributed by atoms with E-state index in [1.54, 1.807) is 6.07 Å². The van der Waals surface area contributed by atoms with Crippen molar-refractivity contribution in [3.63, 3.8) is 0 Å². The molecule has 1 heterocycles. The maximum Gasteiger partial charge on any atom is 0.289 e. The Kier molecular flexibility index (Phi) is 4.71. The van der Waals surface area contributed by atoms with Crippen molar-refractivity contribution >= 4 is 11.5 Å². The number of hydrogen-bond acceptors (Lipinski definition) is 8. The van der Waals surface area contributed by atoms with Crippen molar-refractivity contribution in [1.82, 2.24) is 4.98 Å². The number of anilines is 1. The number of nitro groups is 1. The van der Waals surface area contributed by atoms with Gasteiger partial charge in [0.2, 0.25) is 0 Å². The molecule has 4 N–H and O–H groups in total. The number of nitriles is 1. The van der Waals surface area contributed by atoms with Crippen molar-refractivity contribution in [3.8, 4) is 6.07 Å². The molecule has 1 aromatic rings. The van der Waals surface area contributed by atoms with Crippen LogP contribution in [0.1, 0.15) is 5.56 Å². The lowest BCUT2D eigenvalue weighted by Gasteiger charge is -2.29. The fourth-order valence-electron chi connectivity index (χ4n) is 1.26. The number of hydrogen-bond donors (Lipinski definition) is 4. The molecule has 0 radical (unpaired) electrons. The van der Waals surface area contributed by atoms with Gasteiger partial charge in [0, 0.05) is 6.07 Å². The Morgan fingerprint density at radius 2 is 2.00 bits per heavy atom. The lowest BCUT2D eigenvalue weighted by Crippen LogP contribution is -2.49. The highest BCUT2D eigenvalue weighted by atomic mass is 16.6. The molecule has 0 aliphatic rings. The standard InChI is InChI=1S/C10H12N4O5/c11-2-7-1-8(14(18)19)3-12-9(7)13-10(4-15,5-16)6-17/h1,3,15-17H,4-6H2,(H,12,13). The minimum absolute atomic E-state index is 0.0646. The SMILES string of the molecule is N#Cc1cc([N+](=O)[O-])cnc1NC(CO)(CO)CO. The summed E-state index contributed by atoms with van der Waals surface area (Å²) in [5.74, 6) is -0.0646. The van der Waals surface area contributed by atoms with E-state index in [1.165, 1.54) is 0 Å². The molecule has 0 aliphatic heterocycles. The summed E-state index contributed by atoms with van der Waals surface area (Å²) in [6, 6.07) is 2.72. The summed E-state index contributed by atoms with van der Waals surface area (Å²) in [6.07, 6.45) is 0.931. The van der Waals surface area contributed by atoms with Gasteiger partial charge in [-0.1, -0.05) is 0 Å². The van der Waals surface area contributed by atoms with Crippen molar-refractivity contribution < 1.29 is 20.2 Å². The van der Waals surface area contributed by atoms with Gasteiger partial charge < -0.3 is 20.6 Å². The third kappa shape index (κ3) is 3.14. The summed E-state index contributed by atoms with van der Waals surface area (Å²) in [4.78, 5) is 13.5. The molecule has 9 heteroatoms. The highest BCUT2D eigenvalue weighted by molar-refractivity contribution is 5.56. The van der Waals surface area contributed by atoms with E-state index in [-0.39, 0.29) is 17.1 Å².